The van der Waals surface area contributed by atoms with Gasteiger partial charge in [0.15, 0.2) is 11.7 Å². The quantitative estimate of drug-likeness (QED) is 0.625. The first-order valence-electron chi connectivity index (χ1n) is 6.06. The average molecular weight is 254 g/mol. The predicted molar refractivity (Wildman–Crippen MR) is 70.5 cm³/mol. The van der Waals surface area contributed by atoms with Gasteiger partial charge in [-0.15, -0.1) is 0 Å². The smallest absolute Gasteiger partial charge is 0.210 e. The number of nitrogens with zero attached hydrogens (tertiary/aromatic N) is 3. The van der Waals surface area contributed by atoms with Crippen LogP contribution in [0.25, 0.3) is 16.7 Å². The van der Waals surface area contributed by atoms with E-state index < -0.39 is 0 Å². The molecule has 1 aromatic carbocycles. The van der Waals surface area contributed by atoms with Crippen molar-refractivity contribution >= 4 is 11.0 Å². The molecule has 94 valence electrons. The second-order valence-electron chi connectivity index (χ2n) is 4.49. The Morgan fingerprint density at radius 1 is 0.895 bits per heavy atom. The van der Waals surface area contributed by atoms with Crippen LogP contribution >= 0.6 is 0 Å². The first kappa shape index (κ1) is 11.7. The van der Waals surface area contributed by atoms with Gasteiger partial charge in [-0.1, -0.05) is 0 Å². The number of hydrogen-bond donors (Lipinski definition) is 0. The third-order valence-electron chi connectivity index (χ3n) is 3.14. The van der Waals surface area contributed by atoms with Gasteiger partial charge in [0.1, 0.15) is 11.3 Å². The van der Waals surface area contributed by atoms with Crippen molar-refractivity contribution in [3.8, 4) is 5.69 Å². The second kappa shape index (κ2) is 4.39. The number of fused-ring (bicyclic) bond motifs is 1. The van der Waals surface area contributed by atoms with E-state index in [-0.39, 0.29) is 5.82 Å². The van der Waals surface area contributed by atoms with E-state index in [1.807, 2.05) is 36.9 Å². The molecule has 2 heterocycles. The van der Waals surface area contributed by atoms with Gasteiger partial charge in [0.05, 0.1) is 11.4 Å². The Hall–Kier alpha value is -2.36. The number of pyridine rings is 1. The molecule has 2 aromatic heterocycles. The SMILES string of the molecule is Cc1nc2cc[n+](-c3ccc(F)cc3)cc2nc1C. The minimum absolute atomic E-state index is 0.239. The maximum atomic E-state index is 12.9. The van der Waals surface area contributed by atoms with Crippen molar-refractivity contribution in [2.75, 3.05) is 0 Å². The van der Waals surface area contributed by atoms with Crippen molar-refractivity contribution in [3.05, 3.63) is 59.9 Å². The zero-order valence-corrected chi connectivity index (χ0v) is 10.8. The van der Waals surface area contributed by atoms with Crippen molar-refractivity contribution in [2.45, 2.75) is 13.8 Å². The minimum Gasteiger partial charge on any atom is -0.249 e. The monoisotopic (exact) mass is 254 g/mol. The van der Waals surface area contributed by atoms with E-state index in [4.69, 9.17) is 0 Å². The second-order valence-corrected chi connectivity index (χ2v) is 4.49. The summed E-state index contributed by atoms with van der Waals surface area (Å²) >= 11 is 0. The molecule has 0 radical (unpaired) electrons. The van der Waals surface area contributed by atoms with Crippen LogP contribution in [0.15, 0.2) is 42.7 Å². The summed E-state index contributed by atoms with van der Waals surface area (Å²) in [5.41, 5.74) is 4.44. The molecule has 0 aliphatic rings. The number of hydrogen-bond acceptors (Lipinski definition) is 2. The lowest BCUT2D eigenvalue weighted by molar-refractivity contribution is -0.594. The Balaban J connectivity index is 2.16. The van der Waals surface area contributed by atoms with Gasteiger partial charge in [0.25, 0.3) is 0 Å². The highest BCUT2D eigenvalue weighted by Crippen LogP contribution is 2.11. The van der Waals surface area contributed by atoms with Crippen LogP contribution in [0, 0.1) is 19.7 Å². The van der Waals surface area contributed by atoms with E-state index in [1.54, 1.807) is 12.1 Å². The molecule has 0 N–H and O–H groups in total. The van der Waals surface area contributed by atoms with Gasteiger partial charge in [-0.25, -0.2) is 14.4 Å². The Labute approximate surface area is 110 Å². The van der Waals surface area contributed by atoms with Crippen LogP contribution in [0.5, 0.6) is 0 Å². The summed E-state index contributed by atoms with van der Waals surface area (Å²) in [5, 5.41) is 0. The van der Waals surface area contributed by atoms with Crippen molar-refractivity contribution in [2.24, 2.45) is 0 Å². The zero-order valence-electron chi connectivity index (χ0n) is 10.8. The lowest BCUT2D eigenvalue weighted by Gasteiger charge is -2.01. The third kappa shape index (κ3) is 2.17. The van der Waals surface area contributed by atoms with Gasteiger partial charge in [0, 0.05) is 18.2 Å². The number of halogens is 1. The summed E-state index contributed by atoms with van der Waals surface area (Å²) < 4.78 is 14.8. The van der Waals surface area contributed by atoms with Gasteiger partial charge in [-0.3, -0.25) is 0 Å². The minimum atomic E-state index is -0.239. The molecule has 19 heavy (non-hydrogen) atoms. The fraction of sp³-hybridized carbons (Fsp3) is 0.133. The predicted octanol–water partition coefficient (Wildman–Crippen LogP) is 2.66. The van der Waals surface area contributed by atoms with E-state index in [2.05, 4.69) is 9.97 Å². The molecule has 3 aromatic rings. The van der Waals surface area contributed by atoms with Crippen LogP contribution in [0.2, 0.25) is 0 Å². The molecular weight excluding hydrogens is 241 g/mol. The van der Waals surface area contributed by atoms with Crippen LogP contribution in [0.4, 0.5) is 4.39 Å². The number of rotatable bonds is 1. The fourth-order valence-electron chi connectivity index (χ4n) is 1.95. The number of benzene rings is 1. The van der Waals surface area contributed by atoms with E-state index in [0.717, 1.165) is 28.1 Å². The summed E-state index contributed by atoms with van der Waals surface area (Å²) in [6, 6.07) is 8.26. The summed E-state index contributed by atoms with van der Waals surface area (Å²) in [4.78, 5) is 9.01. The highest BCUT2D eigenvalue weighted by Gasteiger charge is 2.10. The van der Waals surface area contributed by atoms with Crippen molar-refractivity contribution < 1.29 is 8.96 Å². The molecule has 0 unspecified atom stereocenters. The maximum Gasteiger partial charge on any atom is 0.210 e. The van der Waals surface area contributed by atoms with E-state index in [0.29, 0.717) is 0 Å². The van der Waals surface area contributed by atoms with E-state index in [1.165, 1.54) is 12.1 Å². The molecule has 0 saturated carbocycles. The van der Waals surface area contributed by atoms with Gasteiger partial charge in [-0.2, -0.15) is 4.57 Å². The molecule has 0 aliphatic carbocycles. The summed E-state index contributed by atoms with van der Waals surface area (Å²) in [7, 11) is 0. The lowest BCUT2D eigenvalue weighted by atomic mass is 10.2. The van der Waals surface area contributed by atoms with Gasteiger partial charge < -0.3 is 0 Å². The molecule has 4 heteroatoms. The molecular formula is C15H13FN3+. The molecule has 0 amide bonds. The Kier molecular flexibility index (Phi) is 2.71. The average Bonchev–Trinajstić information content (AvgIpc) is 2.40. The summed E-state index contributed by atoms with van der Waals surface area (Å²) in [6.07, 6.45) is 3.81. The molecule has 0 fully saturated rings. The first-order valence-corrected chi connectivity index (χ1v) is 6.06. The topological polar surface area (TPSA) is 29.7 Å². The van der Waals surface area contributed by atoms with E-state index in [9.17, 15) is 4.39 Å². The standard InChI is InChI=1S/C15H13FN3/c1-10-11(2)18-15-9-19(8-7-14(15)17-10)13-5-3-12(16)4-6-13/h3-9H,1-2H3/q+1. The van der Waals surface area contributed by atoms with Crippen molar-refractivity contribution in [1.82, 2.24) is 9.97 Å². The normalized spacial score (nSPS) is 10.9. The molecule has 0 aliphatic heterocycles. The van der Waals surface area contributed by atoms with Crippen LogP contribution in [0.1, 0.15) is 11.4 Å². The van der Waals surface area contributed by atoms with Crippen LogP contribution in [-0.2, 0) is 0 Å². The number of aromatic nitrogens is 3. The Bertz CT molecular complexity index is 751. The van der Waals surface area contributed by atoms with Crippen molar-refractivity contribution in [3.63, 3.8) is 0 Å². The Morgan fingerprint density at radius 2 is 1.53 bits per heavy atom. The molecule has 0 bridgehead atoms. The molecule has 0 spiro atoms. The maximum absolute atomic E-state index is 12.9. The summed E-state index contributed by atoms with van der Waals surface area (Å²) in [6.45, 7) is 3.89. The molecule has 0 atom stereocenters. The lowest BCUT2D eigenvalue weighted by Crippen LogP contribution is -2.29. The zero-order chi connectivity index (χ0) is 13.4. The highest BCUT2D eigenvalue weighted by atomic mass is 19.1. The van der Waals surface area contributed by atoms with Gasteiger partial charge >= 0.3 is 0 Å². The molecule has 3 rings (SSSR count). The first-order chi connectivity index (χ1) is 9.13. The third-order valence-corrected chi connectivity index (χ3v) is 3.14. The van der Waals surface area contributed by atoms with Crippen LogP contribution in [-0.4, -0.2) is 9.97 Å². The Morgan fingerprint density at radius 3 is 2.21 bits per heavy atom. The fourth-order valence-corrected chi connectivity index (χ4v) is 1.95. The van der Waals surface area contributed by atoms with Crippen molar-refractivity contribution in [1.29, 1.82) is 0 Å². The van der Waals surface area contributed by atoms with Crippen LogP contribution < -0.4 is 4.57 Å². The largest absolute Gasteiger partial charge is 0.249 e. The molecule has 0 saturated heterocycles. The van der Waals surface area contributed by atoms with Gasteiger partial charge in [-0.05, 0) is 26.0 Å². The highest BCUT2D eigenvalue weighted by molar-refractivity contribution is 5.72. The molecule has 3 nitrogen and oxygen atoms in total. The summed E-state index contributed by atoms with van der Waals surface area (Å²) in [5.74, 6) is -0.239. The number of aryl methyl sites for hydroxylation is 2. The van der Waals surface area contributed by atoms with E-state index >= 15 is 0 Å². The van der Waals surface area contributed by atoms with Gasteiger partial charge in [0.2, 0.25) is 11.9 Å². The van der Waals surface area contributed by atoms with Crippen LogP contribution in [0.3, 0.4) is 0 Å².